The third-order valence-electron chi connectivity index (χ3n) is 5.63. The van der Waals surface area contributed by atoms with Gasteiger partial charge in [-0.3, -0.25) is 0 Å². The SMILES string of the molecule is CC1(C)C2CC3CC(C=O)CC3C1C2. The Morgan fingerprint density at radius 2 is 1.93 bits per heavy atom. The summed E-state index contributed by atoms with van der Waals surface area (Å²) in [4.78, 5) is 10.8. The van der Waals surface area contributed by atoms with Crippen molar-refractivity contribution in [1.29, 1.82) is 0 Å². The standard InChI is InChI=1S/C13H20O/c1-13(2)10-5-9-3-8(7-14)4-11(9)12(13)6-10/h7-12H,3-6H2,1-2H3. The third kappa shape index (κ3) is 0.936. The summed E-state index contributed by atoms with van der Waals surface area (Å²) in [6.07, 6.45) is 6.49. The second kappa shape index (κ2) is 2.62. The maximum absolute atomic E-state index is 10.8. The van der Waals surface area contributed by atoms with E-state index in [2.05, 4.69) is 13.8 Å². The summed E-state index contributed by atoms with van der Waals surface area (Å²) in [5.41, 5.74) is 0.596. The first-order valence-electron chi connectivity index (χ1n) is 6.08. The average molecular weight is 192 g/mol. The molecule has 0 aromatic carbocycles. The summed E-state index contributed by atoms with van der Waals surface area (Å²) >= 11 is 0. The summed E-state index contributed by atoms with van der Waals surface area (Å²) in [6.45, 7) is 4.88. The monoisotopic (exact) mass is 192 g/mol. The molecule has 4 rings (SSSR count). The van der Waals surface area contributed by atoms with Gasteiger partial charge in [0.25, 0.3) is 0 Å². The van der Waals surface area contributed by atoms with E-state index < -0.39 is 0 Å². The molecule has 4 aliphatic rings. The molecule has 0 amide bonds. The summed E-state index contributed by atoms with van der Waals surface area (Å²) in [5, 5.41) is 0. The lowest BCUT2D eigenvalue weighted by molar-refractivity contribution is -0.124. The zero-order valence-corrected chi connectivity index (χ0v) is 9.20. The molecule has 0 saturated heterocycles. The topological polar surface area (TPSA) is 17.1 Å². The van der Waals surface area contributed by atoms with Crippen LogP contribution in [-0.4, -0.2) is 6.29 Å². The number of hydrogen-bond acceptors (Lipinski definition) is 1. The Bertz CT molecular complexity index is 268. The van der Waals surface area contributed by atoms with Gasteiger partial charge in [0.15, 0.2) is 0 Å². The van der Waals surface area contributed by atoms with Crippen LogP contribution in [0.5, 0.6) is 0 Å². The molecule has 0 aromatic heterocycles. The summed E-state index contributed by atoms with van der Waals surface area (Å²) in [6, 6.07) is 0. The van der Waals surface area contributed by atoms with E-state index in [0.717, 1.165) is 23.7 Å². The summed E-state index contributed by atoms with van der Waals surface area (Å²) < 4.78 is 0. The van der Waals surface area contributed by atoms with Crippen LogP contribution in [0.2, 0.25) is 0 Å². The fourth-order valence-electron chi connectivity index (χ4n) is 4.63. The number of aldehydes is 1. The van der Waals surface area contributed by atoms with Crippen LogP contribution in [0.3, 0.4) is 0 Å². The van der Waals surface area contributed by atoms with Crippen molar-refractivity contribution in [3.05, 3.63) is 0 Å². The van der Waals surface area contributed by atoms with Crippen molar-refractivity contribution in [3.8, 4) is 0 Å². The van der Waals surface area contributed by atoms with E-state index in [-0.39, 0.29) is 0 Å². The quantitative estimate of drug-likeness (QED) is 0.584. The van der Waals surface area contributed by atoms with Gasteiger partial charge < -0.3 is 4.79 Å². The van der Waals surface area contributed by atoms with Crippen LogP contribution in [0.15, 0.2) is 0 Å². The molecular formula is C13H20O. The highest BCUT2D eigenvalue weighted by atomic mass is 16.1. The zero-order valence-electron chi connectivity index (χ0n) is 9.20. The smallest absolute Gasteiger partial charge is 0.123 e. The van der Waals surface area contributed by atoms with E-state index in [1.54, 1.807) is 0 Å². The van der Waals surface area contributed by atoms with E-state index in [9.17, 15) is 4.79 Å². The van der Waals surface area contributed by atoms with Gasteiger partial charge in [-0.25, -0.2) is 0 Å². The number of rotatable bonds is 1. The largest absolute Gasteiger partial charge is 0.303 e. The number of hydrogen-bond donors (Lipinski definition) is 0. The van der Waals surface area contributed by atoms with Crippen LogP contribution in [0.1, 0.15) is 39.5 Å². The van der Waals surface area contributed by atoms with E-state index in [1.807, 2.05) is 0 Å². The molecule has 14 heavy (non-hydrogen) atoms. The minimum Gasteiger partial charge on any atom is -0.303 e. The predicted molar refractivity (Wildman–Crippen MR) is 55.8 cm³/mol. The fourth-order valence-corrected chi connectivity index (χ4v) is 4.63. The molecule has 0 radical (unpaired) electrons. The maximum Gasteiger partial charge on any atom is 0.123 e. The van der Waals surface area contributed by atoms with Crippen molar-refractivity contribution in [2.24, 2.45) is 35.0 Å². The van der Waals surface area contributed by atoms with Crippen LogP contribution in [0.4, 0.5) is 0 Å². The van der Waals surface area contributed by atoms with Crippen LogP contribution in [0.25, 0.3) is 0 Å². The third-order valence-corrected chi connectivity index (χ3v) is 5.63. The molecule has 0 spiro atoms. The Morgan fingerprint density at radius 3 is 2.57 bits per heavy atom. The van der Waals surface area contributed by atoms with Crippen LogP contribution in [0, 0.1) is 35.0 Å². The normalized spacial score (nSPS) is 53.4. The molecule has 5 atom stereocenters. The molecule has 0 heterocycles. The van der Waals surface area contributed by atoms with Crippen molar-refractivity contribution < 1.29 is 4.79 Å². The fraction of sp³-hybridized carbons (Fsp3) is 0.923. The minimum atomic E-state index is 0.403. The molecular weight excluding hydrogens is 172 g/mol. The number of carbonyl (C=O) groups excluding carboxylic acids is 1. The first kappa shape index (κ1) is 8.94. The van der Waals surface area contributed by atoms with E-state index in [4.69, 9.17) is 0 Å². The van der Waals surface area contributed by atoms with Gasteiger partial charge in [0, 0.05) is 5.92 Å². The Morgan fingerprint density at radius 1 is 1.14 bits per heavy atom. The van der Waals surface area contributed by atoms with Crippen molar-refractivity contribution in [2.45, 2.75) is 39.5 Å². The highest BCUT2D eigenvalue weighted by Gasteiger charge is 2.59. The molecule has 1 heteroatoms. The van der Waals surface area contributed by atoms with Crippen LogP contribution in [-0.2, 0) is 4.79 Å². The van der Waals surface area contributed by atoms with Crippen LogP contribution >= 0.6 is 0 Å². The molecule has 4 fully saturated rings. The van der Waals surface area contributed by atoms with Gasteiger partial charge >= 0.3 is 0 Å². The Labute approximate surface area is 86.3 Å². The maximum atomic E-state index is 10.8. The first-order valence-corrected chi connectivity index (χ1v) is 6.08. The van der Waals surface area contributed by atoms with Gasteiger partial charge in [0.1, 0.15) is 6.29 Å². The van der Waals surface area contributed by atoms with Gasteiger partial charge in [-0.15, -0.1) is 0 Å². The second-order valence-electron chi connectivity index (χ2n) is 6.39. The van der Waals surface area contributed by atoms with E-state index >= 15 is 0 Å². The van der Waals surface area contributed by atoms with Crippen molar-refractivity contribution >= 4 is 6.29 Å². The van der Waals surface area contributed by atoms with E-state index in [0.29, 0.717) is 11.3 Å². The molecule has 0 aromatic rings. The Hall–Kier alpha value is -0.330. The van der Waals surface area contributed by atoms with Crippen molar-refractivity contribution in [3.63, 3.8) is 0 Å². The lowest BCUT2D eigenvalue weighted by atomic mass is 9.44. The highest BCUT2D eigenvalue weighted by Crippen LogP contribution is 2.66. The van der Waals surface area contributed by atoms with Gasteiger partial charge in [-0.1, -0.05) is 13.8 Å². The van der Waals surface area contributed by atoms with Gasteiger partial charge in [0.2, 0.25) is 0 Å². The molecule has 2 bridgehead atoms. The lowest BCUT2D eigenvalue weighted by Crippen LogP contribution is -2.54. The molecule has 4 saturated carbocycles. The summed E-state index contributed by atoms with van der Waals surface area (Å²) in [5.74, 6) is 4.11. The molecule has 78 valence electrons. The minimum absolute atomic E-state index is 0.403. The molecule has 1 nitrogen and oxygen atoms in total. The van der Waals surface area contributed by atoms with E-state index in [1.165, 1.54) is 32.0 Å². The van der Waals surface area contributed by atoms with Gasteiger partial charge in [-0.2, -0.15) is 0 Å². The second-order valence-corrected chi connectivity index (χ2v) is 6.39. The van der Waals surface area contributed by atoms with Crippen molar-refractivity contribution in [1.82, 2.24) is 0 Å². The first-order chi connectivity index (χ1) is 6.63. The van der Waals surface area contributed by atoms with Gasteiger partial charge in [-0.05, 0) is 54.8 Å². The zero-order chi connectivity index (χ0) is 9.92. The predicted octanol–water partition coefficient (Wildman–Crippen LogP) is 2.89. The van der Waals surface area contributed by atoms with Crippen molar-refractivity contribution in [2.75, 3.05) is 0 Å². The Kier molecular flexibility index (Phi) is 1.67. The molecule has 0 aliphatic heterocycles. The summed E-state index contributed by atoms with van der Waals surface area (Å²) in [7, 11) is 0. The number of carbonyl (C=O) groups is 1. The molecule has 5 unspecified atom stereocenters. The molecule has 4 aliphatic carbocycles. The average Bonchev–Trinajstić information content (AvgIpc) is 2.59. The molecule has 0 N–H and O–H groups in total. The Balaban J connectivity index is 1.82. The lowest BCUT2D eigenvalue weighted by Gasteiger charge is -2.61. The highest BCUT2D eigenvalue weighted by molar-refractivity contribution is 5.54. The van der Waals surface area contributed by atoms with Gasteiger partial charge in [0.05, 0.1) is 0 Å². The van der Waals surface area contributed by atoms with Crippen LogP contribution < -0.4 is 0 Å².